The van der Waals surface area contributed by atoms with Crippen molar-refractivity contribution in [1.29, 1.82) is 0 Å². The zero-order valence-corrected chi connectivity index (χ0v) is 19.9. The van der Waals surface area contributed by atoms with Gasteiger partial charge in [0.15, 0.2) is 0 Å². The molecule has 36 heavy (non-hydrogen) atoms. The molecule has 0 aliphatic carbocycles. The van der Waals surface area contributed by atoms with Crippen molar-refractivity contribution in [2.24, 2.45) is 0 Å². The van der Waals surface area contributed by atoms with E-state index in [1.165, 1.54) is 11.8 Å². The number of amides is 1. The number of piperidine rings is 1. The summed E-state index contributed by atoms with van der Waals surface area (Å²) in [4.78, 5) is 29.1. The van der Waals surface area contributed by atoms with Crippen molar-refractivity contribution in [2.75, 3.05) is 56.0 Å². The van der Waals surface area contributed by atoms with Crippen molar-refractivity contribution in [3.63, 3.8) is 0 Å². The van der Waals surface area contributed by atoms with Crippen LogP contribution in [0.5, 0.6) is 0 Å². The number of likely N-dealkylation sites (tertiary alicyclic amines) is 1. The smallest absolute Gasteiger partial charge is 0.382 e. The Morgan fingerprint density at radius 3 is 2.28 bits per heavy atom. The molecule has 4 rings (SSSR count). The molecule has 0 unspecified atom stereocenters. The summed E-state index contributed by atoms with van der Waals surface area (Å²) in [5.41, 5.74) is -0.829. The van der Waals surface area contributed by atoms with Crippen molar-refractivity contribution in [2.45, 2.75) is 31.5 Å². The van der Waals surface area contributed by atoms with Crippen molar-refractivity contribution in [1.82, 2.24) is 9.80 Å². The lowest BCUT2D eigenvalue weighted by Gasteiger charge is -2.37. The first-order valence-electron chi connectivity index (χ1n) is 12.1. The molecule has 2 heterocycles. The Labute approximate surface area is 207 Å². The fourth-order valence-corrected chi connectivity index (χ4v) is 4.80. The number of halogens is 3. The molecule has 0 aromatic heterocycles. The SMILES string of the molecule is O=C(CCN1CCN(c2ccccc2)CC1)N1CCC(Nc2ccc([N+](=O)[O-])c(C(F)(F)F)c2)CC1. The number of para-hydroxylation sites is 1. The van der Waals surface area contributed by atoms with Crippen LogP contribution in [0.15, 0.2) is 48.5 Å². The highest BCUT2D eigenvalue weighted by Gasteiger charge is 2.38. The van der Waals surface area contributed by atoms with Gasteiger partial charge in [0.05, 0.1) is 4.92 Å². The zero-order chi connectivity index (χ0) is 25.7. The maximum Gasteiger partial charge on any atom is 0.423 e. The lowest BCUT2D eigenvalue weighted by molar-refractivity contribution is -0.388. The highest BCUT2D eigenvalue weighted by atomic mass is 19.4. The van der Waals surface area contributed by atoms with E-state index >= 15 is 0 Å². The third-order valence-electron chi connectivity index (χ3n) is 6.85. The minimum absolute atomic E-state index is 0.0913. The fraction of sp³-hybridized carbons (Fsp3) is 0.480. The predicted octanol–water partition coefficient (Wildman–Crippen LogP) is 4.23. The van der Waals surface area contributed by atoms with Crippen LogP contribution in [0.1, 0.15) is 24.8 Å². The van der Waals surface area contributed by atoms with E-state index in [-0.39, 0.29) is 17.6 Å². The van der Waals surface area contributed by atoms with E-state index in [0.29, 0.717) is 38.9 Å². The molecule has 2 aliphatic rings. The second-order valence-corrected chi connectivity index (χ2v) is 9.20. The highest BCUT2D eigenvalue weighted by Crippen LogP contribution is 2.37. The number of carbonyl (C=O) groups is 1. The van der Waals surface area contributed by atoms with Crippen LogP contribution in [0, 0.1) is 10.1 Å². The molecule has 11 heteroatoms. The molecule has 2 fully saturated rings. The molecule has 1 amide bonds. The average Bonchev–Trinajstić information content (AvgIpc) is 2.88. The summed E-state index contributed by atoms with van der Waals surface area (Å²) >= 11 is 0. The fourth-order valence-electron chi connectivity index (χ4n) is 4.80. The topological polar surface area (TPSA) is 82.0 Å². The van der Waals surface area contributed by atoms with Gasteiger partial charge in [0.1, 0.15) is 5.56 Å². The summed E-state index contributed by atoms with van der Waals surface area (Å²) in [6, 6.07) is 13.1. The van der Waals surface area contributed by atoms with Gasteiger partial charge in [-0.05, 0) is 37.1 Å². The number of nitro groups is 1. The molecule has 1 N–H and O–H groups in total. The van der Waals surface area contributed by atoms with E-state index in [2.05, 4.69) is 27.2 Å². The first kappa shape index (κ1) is 25.7. The van der Waals surface area contributed by atoms with E-state index in [1.54, 1.807) is 0 Å². The minimum atomic E-state index is -4.82. The van der Waals surface area contributed by atoms with Crippen LogP contribution in [0.25, 0.3) is 0 Å². The van der Waals surface area contributed by atoms with Crippen LogP contribution in [0.4, 0.5) is 30.2 Å². The Kier molecular flexibility index (Phi) is 7.97. The molecule has 0 spiro atoms. The highest BCUT2D eigenvalue weighted by molar-refractivity contribution is 5.76. The van der Waals surface area contributed by atoms with Gasteiger partial charge in [-0.3, -0.25) is 19.8 Å². The van der Waals surface area contributed by atoms with Crippen LogP contribution in [0.2, 0.25) is 0 Å². The minimum Gasteiger partial charge on any atom is -0.382 e. The molecule has 0 radical (unpaired) electrons. The summed E-state index contributed by atoms with van der Waals surface area (Å²) in [6.07, 6.45) is -3.18. The number of benzene rings is 2. The van der Waals surface area contributed by atoms with Gasteiger partial charge < -0.3 is 15.1 Å². The third kappa shape index (κ3) is 6.45. The molecule has 2 aromatic rings. The van der Waals surface area contributed by atoms with Gasteiger partial charge in [-0.2, -0.15) is 13.2 Å². The number of alkyl halides is 3. The summed E-state index contributed by atoms with van der Waals surface area (Å²) in [5.74, 6) is 0.0913. The molecule has 2 saturated heterocycles. The number of nitrogens with zero attached hydrogens (tertiary/aromatic N) is 4. The molecule has 8 nitrogen and oxygen atoms in total. The normalized spacial score (nSPS) is 17.8. The number of hydrogen-bond donors (Lipinski definition) is 1. The van der Waals surface area contributed by atoms with Gasteiger partial charge in [0.2, 0.25) is 5.91 Å². The lowest BCUT2D eigenvalue weighted by atomic mass is 10.0. The molecule has 0 saturated carbocycles. The monoisotopic (exact) mass is 505 g/mol. The Bertz CT molecular complexity index is 1050. The first-order valence-corrected chi connectivity index (χ1v) is 12.1. The standard InChI is InChI=1S/C25H30F3N5O3/c26-25(27,28)22-18-20(6-7-23(22)33(35)36)29-19-8-12-32(13-9-19)24(34)10-11-30-14-16-31(17-15-30)21-4-2-1-3-5-21/h1-7,18-19,29H,8-17H2. The maximum atomic E-state index is 13.2. The van der Waals surface area contributed by atoms with Gasteiger partial charge in [0, 0.05) is 75.7 Å². The van der Waals surface area contributed by atoms with Gasteiger partial charge in [-0.25, -0.2) is 0 Å². The van der Waals surface area contributed by atoms with Gasteiger partial charge >= 0.3 is 6.18 Å². The Hall–Kier alpha value is -3.34. The number of rotatable bonds is 7. The largest absolute Gasteiger partial charge is 0.423 e. The Morgan fingerprint density at radius 1 is 1.00 bits per heavy atom. The number of carbonyl (C=O) groups excluding carboxylic acids is 1. The van der Waals surface area contributed by atoms with E-state index in [1.807, 2.05) is 23.1 Å². The van der Waals surface area contributed by atoms with E-state index in [4.69, 9.17) is 0 Å². The van der Waals surface area contributed by atoms with Crippen LogP contribution in [-0.4, -0.2) is 72.5 Å². The van der Waals surface area contributed by atoms with E-state index < -0.39 is 22.4 Å². The molecule has 2 aliphatic heterocycles. The van der Waals surface area contributed by atoms with Crippen molar-refractivity contribution in [3.8, 4) is 0 Å². The van der Waals surface area contributed by atoms with Crippen LogP contribution >= 0.6 is 0 Å². The van der Waals surface area contributed by atoms with Crippen LogP contribution in [-0.2, 0) is 11.0 Å². The Balaban J connectivity index is 1.21. The van der Waals surface area contributed by atoms with Crippen LogP contribution in [0.3, 0.4) is 0 Å². The predicted molar refractivity (Wildman–Crippen MR) is 131 cm³/mol. The maximum absolute atomic E-state index is 13.2. The summed E-state index contributed by atoms with van der Waals surface area (Å²) in [6.45, 7) is 5.42. The molecule has 2 aromatic carbocycles. The summed E-state index contributed by atoms with van der Waals surface area (Å²) in [5, 5.41) is 14.0. The number of nitro benzene ring substituents is 1. The number of hydrogen-bond acceptors (Lipinski definition) is 6. The molecule has 0 atom stereocenters. The number of anilines is 2. The van der Waals surface area contributed by atoms with Gasteiger partial charge in [-0.1, -0.05) is 18.2 Å². The van der Waals surface area contributed by atoms with Crippen molar-refractivity contribution in [3.05, 3.63) is 64.2 Å². The van der Waals surface area contributed by atoms with Crippen molar-refractivity contribution >= 4 is 23.0 Å². The van der Waals surface area contributed by atoms with Gasteiger partial charge in [0.25, 0.3) is 5.69 Å². The molecular formula is C25H30F3N5O3. The zero-order valence-electron chi connectivity index (χ0n) is 19.9. The van der Waals surface area contributed by atoms with E-state index in [9.17, 15) is 28.1 Å². The number of nitrogens with one attached hydrogen (secondary N) is 1. The summed E-state index contributed by atoms with van der Waals surface area (Å²) < 4.78 is 39.7. The average molecular weight is 506 g/mol. The first-order chi connectivity index (χ1) is 17.2. The lowest BCUT2D eigenvalue weighted by Crippen LogP contribution is -2.48. The Morgan fingerprint density at radius 2 is 1.67 bits per heavy atom. The number of piperazine rings is 1. The summed E-state index contributed by atoms with van der Waals surface area (Å²) in [7, 11) is 0. The van der Waals surface area contributed by atoms with Crippen molar-refractivity contribution < 1.29 is 22.9 Å². The van der Waals surface area contributed by atoms with E-state index in [0.717, 1.165) is 38.3 Å². The molecular weight excluding hydrogens is 475 g/mol. The second-order valence-electron chi connectivity index (χ2n) is 9.20. The third-order valence-corrected chi connectivity index (χ3v) is 6.85. The molecule has 0 bridgehead atoms. The quantitative estimate of drug-likeness (QED) is 0.448. The second kappa shape index (κ2) is 11.2. The molecule has 194 valence electrons. The van der Waals surface area contributed by atoms with Gasteiger partial charge in [-0.15, -0.1) is 0 Å². The van der Waals surface area contributed by atoms with Crippen LogP contribution < -0.4 is 10.2 Å².